The van der Waals surface area contributed by atoms with Crippen LogP contribution in [0, 0.1) is 5.92 Å². The lowest BCUT2D eigenvalue weighted by Crippen LogP contribution is -2.35. The Morgan fingerprint density at radius 3 is 2.50 bits per heavy atom. The van der Waals surface area contributed by atoms with Crippen molar-refractivity contribution in [2.45, 2.75) is 71.4 Å². The topological polar surface area (TPSA) is 21.3 Å². The molecule has 0 aromatic heterocycles. The Morgan fingerprint density at radius 1 is 1.19 bits per heavy atom. The lowest BCUT2D eigenvalue weighted by molar-refractivity contribution is 0.0289. The third-order valence-corrected chi connectivity index (χ3v) is 3.97. The molecule has 2 nitrogen and oxygen atoms in total. The molecular weight excluding hydrogens is 198 g/mol. The molecule has 16 heavy (non-hydrogen) atoms. The van der Waals surface area contributed by atoms with Crippen molar-refractivity contribution in [3.8, 4) is 0 Å². The van der Waals surface area contributed by atoms with E-state index in [1.54, 1.807) is 0 Å². The molecule has 0 aliphatic heterocycles. The van der Waals surface area contributed by atoms with E-state index in [4.69, 9.17) is 4.74 Å². The second kappa shape index (κ2) is 8.08. The number of nitrogens with one attached hydrogen (secondary N) is 1. The van der Waals surface area contributed by atoms with Crippen molar-refractivity contribution in [2.24, 2.45) is 5.92 Å². The van der Waals surface area contributed by atoms with Gasteiger partial charge in [-0.1, -0.05) is 39.5 Å². The van der Waals surface area contributed by atoms with Gasteiger partial charge in [0.05, 0.1) is 12.7 Å². The van der Waals surface area contributed by atoms with Gasteiger partial charge in [0.15, 0.2) is 0 Å². The normalized spacial score (nSPS) is 21.9. The molecule has 1 N–H and O–H groups in total. The molecule has 0 bridgehead atoms. The first-order valence-corrected chi connectivity index (χ1v) is 7.09. The second-order valence-corrected chi connectivity index (χ2v) is 5.26. The first-order chi connectivity index (χ1) is 7.74. The maximum atomic E-state index is 5.88. The van der Waals surface area contributed by atoms with Crippen molar-refractivity contribution in [3.63, 3.8) is 0 Å². The van der Waals surface area contributed by atoms with Crippen LogP contribution >= 0.6 is 0 Å². The number of rotatable bonds is 7. The van der Waals surface area contributed by atoms with Crippen LogP contribution in [-0.4, -0.2) is 25.3 Å². The van der Waals surface area contributed by atoms with Crippen molar-refractivity contribution in [2.75, 3.05) is 13.2 Å². The molecule has 0 radical (unpaired) electrons. The summed E-state index contributed by atoms with van der Waals surface area (Å²) in [7, 11) is 0. The molecule has 2 unspecified atom stereocenters. The van der Waals surface area contributed by atoms with Gasteiger partial charge in [0.1, 0.15) is 0 Å². The van der Waals surface area contributed by atoms with Crippen LogP contribution in [0.1, 0.15) is 59.3 Å². The van der Waals surface area contributed by atoms with Gasteiger partial charge in [-0.25, -0.2) is 0 Å². The molecule has 96 valence electrons. The van der Waals surface area contributed by atoms with Crippen LogP contribution < -0.4 is 5.32 Å². The zero-order valence-corrected chi connectivity index (χ0v) is 11.3. The first kappa shape index (κ1) is 14.0. The number of hydrogen-bond acceptors (Lipinski definition) is 2. The average Bonchev–Trinajstić information content (AvgIpc) is 2.34. The number of hydrogen-bond donors (Lipinski definition) is 1. The van der Waals surface area contributed by atoms with Crippen LogP contribution in [0.25, 0.3) is 0 Å². The number of ether oxygens (including phenoxy) is 1. The van der Waals surface area contributed by atoms with Crippen LogP contribution in [0.3, 0.4) is 0 Å². The second-order valence-electron chi connectivity index (χ2n) is 5.26. The maximum absolute atomic E-state index is 5.88. The van der Waals surface area contributed by atoms with Crippen molar-refractivity contribution >= 4 is 0 Å². The van der Waals surface area contributed by atoms with E-state index in [1.807, 2.05) is 0 Å². The van der Waals surface area contributed by atoms with Gasteiger partial charge in [-0.15, -0.1) is 0 Å². The SMILES string of the molecule is CCC(C)C(C)NCCOC1CCCCC1. The lowest BCUT2D eigenvalue weighted by atomic mass is 9.98. The summed E-state index contributed by atoms with van der Waals surface area (Å²) >= 11 is 0. The highest BCUT2D eigenvalue weighted by Gasteiger charge is 2.13. The summed E-state index contributed by atoms with van der Waals surface area (Å²) in [5, 5.41) is 3.55. The van der Waals surface area contributed by atoms with Gasteiger partial charge in [0, 0.05) is 12.6 Å². The highest BCUT2D eigenvalue weighted by atomic mass is 16.5. The highest BCUT2D eigenvalue weighted by molar-refractivity contribution is 4.68. The molecule has 1 aliphatic rings. The van der Waals surface area contributed by atoms with E-state index in [-0.39, 0.29) is 0 Å². The van der Waals surface area contributed by atoms with Gasteiger partial charge in [-0.3, -0.25) is 0 Å². The third kappa shape index (κ3) is 5.31. The quantitative estimate of drug-likeness (QED) is 0.673. The molecule has 1 saturated carbocycles. The minimum absolute atomic E-state index is 0.550. The average molecular weight is 227 g/mol. The van der Waals surface area contributed by atoms with Crippen LogP contribution in [0.2, 0.25) is 0 Å². The zero-order chi connectivity index (χ0) is 11.8. The zero-order valence-electron chi connectivity index (χ0n) is 11.3. The van der Waals surface area contributed by atoms with Gasteiger partial charge in [-0.2, -0.15) is 0 Å². The molecule has 2 atom stereocenters. The van der Waals surface area contributed by atoms with E-state index in [9.17, 15) is 0 Å². The van der Waals surface area contributed by atoms with Crippen molar-refractivity contribution < 1.29 is 4.74 Å². The monoisotopic (exact) mass is 227 g/mol. The molecule has 0 heterocycles. The van der Waals surface area contributed by atoms with E-state index in [1.165, 1.54) is 38.5 Å². The molecule has 0 aromatic carbocycles. The standard InChI is InChI=1S/C14H29NO/c1-4-12(2)13(3)15-10-11-16-14-8-6-5-7-9-14/h12-15H,4-11H2,1-3H3. The predicted molar refractivity (Wildman–Crippen MR) is 69.7 cm³/mol. The van der Waals surface area contributed by atoms with E-state index >= 15 is 0 Å². The van der Waals surface area contributed by atoms with E-state index in [0.717, 1.165) is 19.1 Å². The highest BCUT2D eigenvalue weighted by Crippen LogP contribution is 2.19. The van der Waals surface area contributed by atoms with E-state index in [0.29, 0.717) is 12.1 Å². The Morgan fingerprint density at radius 2 is 1.88 bits per heavy atom. The summed E-state index contributed by atoms with van der Waals surface area (Å²) in [4.78, 5) is 0. The Bertz CT molecular complexity index is 162. The molecule has 0 spiro atoms. The summed E-state index contributed by atoms with van der Waals surface area (Å²) in [5.41, 5.74) is 0. The molecule has 2 heteroatoms. The van der Waals surface area contributed by atoms with Crippen LogP contribution in [0.15, 0.2) is 0 Å². The Hall–Kier alpha value is -0.0800. The van der Waals surface area contributed by atoms with Crippen LogP contribution in [-0.2, 0) is 4.74 Å². The maximum Gasteiger partial charge on any atom is 0.0594 e. The molecule has 0 aromatic rings. The fourth-order valence-electron chi connectivity index (χ4n) is 2.30. The van der Waals surface area contributed by atoms with E-state index < -0.39 is 0 Å². The minimum Gasteiger partial charge on any atom is -0.377 e. The lowest BCUT2D eigenvalue weighted by Gasteiger charge is -2.24. The summed E-state index contributed by atoms with van der Waals surface area (Å²) < 4.78 is 5.88. The smallest absolute Gasteiger partial charge is 0.0594 e. The van der Waals surface area contributed by atoms with Gasteiger partial charge < -0.3 is 10.1 Å². The minimum atomic E-state index is 0.550. The summed E-state index contributed by atoms with van der Waals surface area (Å²) in [5.74, 6) is 0.759. The summed E-state index contributed by atoms with van der Waals surface area (Å²) in [6, 6.07) is 0.611. The fraction of sp³-hybridized carbons (Fsp3) is 1.00. The first-order valence-electron chi connectivity index (χ1n) is 7.09. The van der Waals surface area contributed by atoms with Crippen molar-refractivity contribution in [1.29, 1.82) is 0 Å². The summed E-state index contributed by atoms with van der Waals surface area (Å²) in [6.45, 7) is 8.71. The summed E-state index contributed by atoms with van der Waals surface area (Å²) in [6.07, 6.45) is 8.49. The Balaban J connectivity index is 1.98. The third-order valence-electron chi connectivity index (χ3n) is 3.97. The molecule has 1 fully saturated rings. The molecule has 0 saturated heterocycles. The van der Waals surface area contributed by atoms with Crippen LogP contribution in [0.5, 0.6) is 0 Å². The Kier molecular flexibility index (Phi) is 7.06. The van der Waals surface area contributed by atoms with Crippen molar-refractivity contribution in [1.82, 2.24) is 5.32 Å². The van der Waals surface area contributed by atoms with Gasteiger partial charge >= 0.3 is 0 Å². The molecule has 1 aliphatic carbocycles. The van der Waals surface area contributed by atoms with Crippen LogP contribution in [0.4, 0.5) is 0 Å². The fourth-order valence-corrected chi connectivity index (χ4v) is 2.30. The largest absolute Gasteiger partial charge is 0.377 e. The van der Waals surface area contributed by atoms with Gasteiger partial charge in [0.25, 0.3) is 0 Å². The molecule has 0 amide bonds. The Labute approximate surface area is 101 Å². The predicted octanol–water partition coefficient (Wildman–Crippen LogP) is 3.36. The molecular formula is C14H29NO. The van der Waals surface area contributed by atoms with Crippen molar-refractivity contribution in [3.05, 3.63) is 0 Å². The molecule has 1 rings (SSSR count). The van der Waals surface area contributed by atoms with E-state index in [2.05, 4.69) is 26.1 Å². The van der Waals surface area contributed by atoms with Gasteiger partial charge in [0.2, 0.25) is 0 Å². The van der Waals surface area contributed by atoms with Gasteiger partial charge in [-0.05, 0) is 25.7 Å².